The number of ether oxygens (including phenoxy) is 1. The first-order chi connectivity index (χ1) is 7.92. The zero-order valence-corrected chi connectivity index (χ0v) is 10.9. The fourth-order valence-corrected chi connectivity index (χ4v) is 4.41. The first-order valence-corrected chi connectivity index (χ1v) is 6.10. The molecule has 6 nitrogen and oxygen atoms in total. The Kier molecular flexibility index (Phi) is 1.78. The van der Waals surface area contributed by atoms with E-state index in [0.717, 1.165) is 0 Å². The van der Waals surface area contributed by atoms with Crippen LogP contribution in [0.1, 0.15) is 27.7 Å². The van der Waals surface area contributed by atoms with Crippen LogP contribution in [0.15, 0.2) is 0 Å². The highest BCUT2D eigenvalue weighted by atomic mass is 16.7. The Labute approximate surface area is 105 Å². The largest absolute Gasteiger partial charge is 0.394 e. The number of hydrogen-bond acceptors (Lipinski definition) is 6. The lowest BCUT2D eigenvalue weighted by Gasteiger charge is -2.35. The van der Waals surface area contributed by atoms with E-state index in [9.17, 15) is 25.5 Å². The smallest absolute Gasteiger partial charge is 0.207 e. The van der Waals surface area contributed by atoms with Crippen molar-refractivity contribution in [1.29, 1.82) is 0 Å². The number of rotatable bonds is 1. The van der Waals surface area contributed by atoms with Crippen molar-refractivity contribution >= 4 is 0 Å². The van der Waals surface area contributed by atoms with Gasteiger partial charge in [-0.1, -0.05) is 27.7 Å². The Morgan fingerprint density at radius 3 is 1.83 bits per heavy atom. The monoisotopic (exact) mass is 260 g/mol. The molecule has 0 radical (unpaired) electrons. The van der Waals surface area contributed by atoms with E-state index < -0.39 is 46.1 Å². The highest BCUT2D eigenvalue weighted by Crippen LogP contribution is 2.86. The van der Waals surface area contributed by atoms with Gasteiger partial charge >= 0.3 is 0 Å². The van der Waals surface area contributed by atoms with E-state index in [1.54, 1.807) is 27.7 Å². The molecule has 3 fully saturated rings. The van der Waals surface area contributed by atoms with Crippen LogP contribution < -0.4 is 0 Å². The van der Waals surface area contributed by atoms with Crippen LogP contribution in [0.25, 0.3) is 0 Å². The summed E-state index contributed by atoms with van der Waals surface area (Å²) in [6.45, 7) is 5.73. The van der Waals surface area contributed by atoms with E-state index in [1.165, 1.54) is 0 Å². The Morgan fingerprint density at radius 2 is 1.39 bits per heavy atom. The van der Waals surface area contributed by atoms with Crippen molar-refractivity contribution in [3.63, 3.8) is 0 Å². The molecule has 18 heavy (non-hydrogen) atoms. The van der Waals surface area contributed by atoms with Gasteiger partial charge in [-0.15, -0.1) is 0 Å². The molecule has 1 aliphatic heterocycles. The number of hydrogen-bond donors (Lipinski definition) is 5. The Bertz CT molecular complexity index is 448. The zero-order valence-electron chi connectivity index (χ0n) is 10.9. The maximum atomic E-state index is 10.8. The Hall–Kier alpha value is -0.240. The van der Waals surface area contributed by atoms with E-state index in [1.807, 2.05) is 0 Å². The summed E-state index contributed by atoms with van der Waals surface area (Å²) in [7, 11) is 0. The van der Waals surface area contributed by atoms with E-state index >= 15 is 0 Å². The second-order valence-electron chi connectivity index (χ2n) is 6.87. The molecule has 0 bridgehead atoms. The van der Waals surface area contributed by atoms with Gasteiger partial charge < -0.3 is 30.3 Å². The van der Waals surface area contributed by atoms with Gasteiger partial charge in [-0.05, 0) is 0 Å². The SMILES string of the molecule is CC1(C)C2(O)O[C@H](CO)[C@@]3(O)C(C)(C)[C@@]3(O)[C@]12O. The zero-order chi connectivity index (χ0) is 14.0. The number of aliphatic hydroxyl groups excluding tert-OH is 1. The second-order valence-corrected chi connectivity index (χ2v) is 6.87. The van der Waals surface area contributed by atoms with E-state index in [0.29, 0.717) is 0 Å². The molecule has 2 saturated carbocycles. The average Bonchev–Trinajstić information content (AvgIpc) is 2.81. The maximum absolute atomic E-state index is 10.8. The predicted octanol–water partition coefficient (Wildman–Crippen LogP) is -1.66. The summed E-state index contributed by atoms with van der Waals surface area (Å²) in [4.78, 5) is 0. The van der Waals surface area contributed by atoms with Gasteiger partial charge in [-0.2, -0.15) is 0 Å². The molecule has 0 amide bonds. The molecule has 0 aromatic rings. The number of aliphatic hydroxyl groups is 5. The summed E-state index contributed by atoms with van der Waals surface area (Å²) in [5.74, 6) is -1.96. The molecule has 0 aromatic carbocycles. The molecular formula is C12H20O6. The summed E-state index contributed by atoms with van der Waals surface area (Å²) in [5, 5.41) is 51.7. The Morgan fingerprint density at radius 1 is 0.889 bits per heavy atom. The minimum Gasteiger partial charge on any atom is -0.394 e. The molecule has 0 aromatic heterocycles. The highest BCUT2D eigenvalue weighted by molar-refractivity contribution is 5.53. The summed E-state index contributed by atoms with van der Waals surface area (Å²) in [6.07, 6.45) is -1.13. The molecule has 0 spiro atoms. The molecule has 1 unspecified atom stereocenters. The summed E-state index contributed by atoms with van der Waals surface area (Å²) in [6, 6.07) is 0. The third-order valence-electron chi connectivity index (χ3n) is 5.99. The van der Waals surface area contributed by atoms with Gasteiger partial charge in [-0.3, -0.25) is 0 Å². The van der Waals surface area contributed by atoms with E-state index in [4.69, 9.17) is 4.74 Å². The van der Waals surface area contributed by atoms with Crippen molar-refractivity contribution in [1.82, 2.24) is 0 Å². The second kappa shape index (κ2) is 2.51. The Balaban J connectivity index is 2.21. The van der Waals surface area contributed by atoms with Gasteiger partial charge in [0, 0.05) is 5.41 Å². The lowest BCUT2D eigenvalue weighted by atomic mass is 9.93. The fraction of sp³-hybridized carbons (Fsp3) is 1.00. The van der Waals surface area contributed by atoms with Crippen molar-refractivity contribution in [2.45, 2.75) is 56.4 Å². The van der Waals surface area contributed by atoms with Gasteiger partial charge in [0.1, 0.15) is 17.3 Å². The molecule has 3 aliphatic rings. The van der Waals surface area contributed by atoms with Crippen molar-refractivity contribution < 1.29 is 30.3 Å². The van der Waals surface area contributed by atoms with Gasteiger partial charge in [-0.25, -0.2) is 0 Å². The molecule has 1 heterocycles. The standard InChI is InChI=1S/C12H20O6/c1-7(2)9(14)6(5-13)18-12(17)8(3,4)11(12,16)10(7,9)15/h6,13-17H,5H2,1-4H3/t6-,9-,10+,11-,12?/m1/s1. The van der Waals surface area contributed by atoms with Gasteiger partial charge in [0.25, 0.3) is 0 Å². The molecule has 1 saturated heterocycles. The van der Waals surface area contributed by atoms with Crippen molar-refractivity contribution in [2.75, 3.05) is 6.61 Å². The summed E-state index contributed by atoms with van der Waals surface area (Å²) < 4.78 is 5.32. The quantitative estimate of drug-likeness (QED) is 0.386. The van der Waals surface area contributed by atoms with Gasteiger partial charge in [0.2, 0.25) is 5.79 Å². The van der Waals surface area contributed by atoms with Crippen molar-refractivity contribution in [3.8, 4) is 0 Å². The molecule has 5 N–H and O–H groups in total. The van der Waals surface area contributed by atoms with Gasteiger partial charge in [0.05, 0.1) is 12.0 Å². The highest BCUT2D eigenvalue weighted by Gasteiger charge is 3.08. The molecule has 5 atom stereocenters. The van der Waals surface area contributed by atoms with Crippen LogP contribution in [-0.2, 0) is 4.74 Å². The third kappa shape index (κ3) is 0.667. The lowest BCUT2D eigenvalue weighted by Crippen LogP contribution is -2.58. The number of fused-ring (bicyclic) bond motifs is 3. The van der Waals surface area contributed by atoms with Crippen molar-refractivity contribution in [3.05, 3.63) is 0 Å². The normalized spacial score (nSPS) is 62.8. The van der Waals surface area contributed by atoms with Crippen LogP contribution in [0.5, 0.6) is 0 Å². The molecule has 104 valence electrons. The van der Waals surface area contributed by atoms with Crippen LogP contribution in [0.3, 0.4) is 0 Å². The molecule has 3 rings (SSSR count). The van der Waals surface area contributed by atoms with E-state index in [2.05, 4.69) is 0 Å². The molecule has 2 aliphatic carbocycles. The van der Waals surface area contributed by atoms with Gasteiger partial charge in [0.15, 0.2) is 5.60 Å². The summed E-state index contributed by atoms with van der Waals surface area (Å²) in [5.41, 5.74) is -7.84. The predicted molar refractivity (Wildman–Crippen MR) is 59.3 cm³/mol. The lowest BCUT2D eigenvalue weighted by molar-refractivity contribution is -0.290. The first-order valence-electron chi connectivity index (χ1n) is 6.10. The molecule has 6 heteroatoms. The van der Waals surface area contributed by atoms with Crippen LogP contribution in [-0.4, -0.2) is 60.8 Å². The van der Waals surface area contributed by atoms with E-state index in [-0.39, 0.29) is 0 Å². The minimum absolute atomic E-state index is 0.545. The van der Waals surface area contributed by atoms with Crippen LogP contribution in [0.4, 0.5) is 0 Å². The van der Waals surface area contributed by atoms with Crippen LogP contribution >= 0.6 is 0 Å². The summed E-state index contributed by atoms with van der Waals surface area (Å²) >= 11 is 0. The minimum atomic E-state index is -1.96. The fourth-order valence-electron chi connectivity index (χ4n) is 4.41. The topological polar surface area (TPSA) is 110 Å². The molecular weight excluding hydrogens is 240 g/mol. The van der Waals surface area contributed by atoms with Crippen LogP contribution in [0.2, 0.25) is 0 Å². The first kappa shape index (κ1) is 12.8. The van der Waals surface area contributed by atoms with Crippen molar-refractivity contribution in [2.24, 2.45) is 10.8 Å². The maximum Gasteiger partial charge on any atom is 0.207 e. The third-order valence-corrected chi connectivity index (χ3v) is 5.99. The van der Waals surface area contributed by atoms with Crippen LogP contribution in [0, 0.1) is 10.8 Å². The average molecular weight is 260 g/mol.